The summed E-state index contributed by atoms with van der Waals surface area (Å²) in [5.41, 5.74) is 6.34. The number of amides is 1. The summed E-state index contributed by atoms with van der Waals surface area (Å²) in [6, 6.07) is 7.69. The second-order valence-corrected chi connectivity index (χ2v) is 5.80. The third-order valence-corrected chi connectivity index (χ3v) is 3.79. The molecule has 0 saturated heterocycles. The Kier molecular flexibility index (Phi) is 6.21. The second-order valence-electron chi connectivity index (χ2n) is 5.80. The molecule has 0 heterocycles. The van der Waals surface area contributed by atoms with Gasteiger partial charge in [-0.15, -0.1) is 0 Å². The lowest BCUT2D eigenvalue weighted by Crippen LogP contribution is -2.53. The molecular weight excluding hydrogens is 264 g/mol. The maximum absolute atomic E-state index is 12.3. The Hall–Kier alpha value is -1.55. The van der Waals surface area contributed by atoms with E-state index in [0.29, 0.717) is 12.8 Å². The molecule has 4 heteroatoms. The van der Waals surface area contributed by atoms with E-state index < -0.39 is 5.54 Å². The quantitative estimate of drug-likeness (QED) is 0.811. The highest BCUT2D eigenvalue weighted by Gasteiger charge is 2.30. The van der Waals surface area contributed by atoms with E-state index in [9.17, 15) is 4.79 Å². The lowest BCUT2D eigenvalue weighted by atomic mass is 9.92. The normalized spacial score (nSPS) is 13.1. The van der Waals surface area contributed by atoms with Crippen molar-refractivity contribution in [3.8, 4) is 5.75 Å². The molecule has 0 bridgehead atoms. The summed E-state index contributed by atoms with van der Waals surface area (Å²) in [6.07, 6.45) is 1.37. The van der Waals surface area contributed by atoms with Gasteiger partial charge in [0.1, 0.15) is 5.75 Å². The Morgan fingerprint density at radius 1 is 1.29 bits per heavy atom. The molecule has 1 amide bonds. The Bertz CT molecular complexity index is 468. The number of ether oxygens (including phenoxy) is 1. The monoisotopic (exact) mass is 292 g/mol. The zero-order valence-corrected chi connectivity index (χ0v) is 13.8. The minimum Gasteiger partial charge on any atom is -0.491 e. The Morgan fingerprint density at radius 2 is 1.90 bits per heavy atom. The van der Waals surface area contributed by atoms with Gasteiger partial charge >= 0.3 is 0 Å². The molecule has 0 aliphatic rings. The number of hydrogen-bond acceptors (Lipinski definition) is 3. The van der Waals surface area contributed by atoms with Gasteiger partial charge in [-0.2, -0.15) is 0 Å². The largest absolute Gasteiger partial charge is 0.491 e. The van der Waals surface area contributed by atoms with E-state index in [2.05, 4.69) is 5.32 Å². The van der Waals surface area contributed by atoms with Crippen molar-refractivity contribution in [2.45, 2.75) is 65.1 Å². The fourth-order valence-electron chi connectivity index (χ4n) is 2.12. The van der Waals surface area contributed by atoms with Gasteiger partial charge in [0.2, 0.25) is 5.91 Å². The molecule has 0 saturated carbocycles. The highest BCUT2D eigenvalue weighted by Crippen LogP contribution is 2.21. The summed E-state index contributed by atoms with van der Waals surface area (Å²) in [5.74, 6) is 0.712. The maximum atomic E-state index is 12.3. The van der Waals surface area contributed by atoms with Gasteiger partial charge in [0, 0.05) is 0 Å². The molecule has 1 aromatic rings. The van der Waals surface area contributed by atoms with Crippen molar-refractivity contribution < 1.29 is 9.53 Å². The van der Waals surface area contributed by atoms with E-state index in [1.807, 2.05) is 58.9 Å². The molecule has 0 aromatic heterocycles. The van der Waals surface area contributed by atoms with Gasteiger partial charge in [-0.3, -0.25) is 4.79 Å². The summed E-state index contributed by atoms with van der Waals surface area (Å²) in [4.78, 5) is 12.3. The zero-order chi connectivity index (χ0) is 16.0. The lowest BCUT2D eigenvalue weighted by molar-refractivity contribution is -0.127. The van der Waals surface area contributed by atoms with Crippen LogP contribution in [0.1, 0.15) is 59.1 Å². The van der Waals surface area contributed by atoms with Crippen LogP contribution in [0, 0.1) is 0 Å². The van der Waals surface area contributed by atoms with Gasteiger partial charge in [0.15, 0.2) is 0 Å². The summed E-state index contributed by atoms with van der Waals surface area (Å²) >= 11 is 0. The van der Waals surface area contributed by atoms with Crippen LogP contribution in [0.3, 0.4) is 0 Å². The Morgan fingerprint density at radius 3 is 2.43 bits per heavy atom. The standard InChI is InChI=1S/C17H28N2O2/c1-6-17(18,7-2)16(20)19-13(5)14-9-8-10-15(11-14)21-12(3)4/h8-13H,6-7,18H2,1-5H3,(H,19,20). The number of carbonyl (C=O) groups excluding carboxylic acids is 1. The maximum Gasteiger partial charge on any atom is 0.240 e. The van der Waals surface area contributed by atoms with Crippen molar-refractivity contribution in [1.29, 1.82) is 0 Å². The van der Waals surface area contributed by atoms with Crippen LogP contribution < -0.4 is 15.8 Å². The van der Waals surface area contributed by atoms with Crippen LogP contribution in [0.4, 0.5) is 0 Å². The van der Waals surface area contributed by atoms with Crippen LogP contribution in [0.2, 0.25) is 0 Å². The molecule has 0 radical (unpaired) electrons. The minimum absolute atomic E-state index is 0.102. The third-order valence-electron chi connectivity index (χ3n) is 3.79. The van der Waals surface area contributed by atoms with Gasteiger partial charge in [-0.25, -0.2) is 0 Å². The number of benzene rings is 1. The van der Waals surface area contributed by atoms with E-state index in [0.717, 1.165) is 11.3 Å². The predicted octanol–water partition coefficient (Wildman–Crippen LogP) is 3.17. The average molecular weight is 292 g/mol. The van der Waals surface area contributed by atoms with Crippen molar-refractivity contribution in [1.82, 2.24) is 5.32 Å². The van der Waals surface area contributed by atoms with Gasteiger partial charge in [-0.1, -0.05) is 26.0 Å². The van der Waals surface area contributed by atoms with E-state index in [1.54, 1.807) is 0 Å². The molecule has 4 nitrogen and oxygen atoms in total. The molecule has 1 unspecified atom stereocenters. The van der Waals surface area contributed by atoms with Crippen LogP contribution >= 0.6 is 0 Å². The topological polar surface area (TPSA) is 64.4 Å². The predicted molar refractivity (Wildman–Crippen MR) is 86.3 cm³/mol. The van der Waals surface area contributed by atoms with Gasteiger partial charge in [0.25, 0.3) is 0 Å². The Balaban J connectivity index is 2.80. The van der Waals surface area contributed by atoms with E-state index in [1.165, 1.54) is 0 Å². The molecule has 0 fully saturated rings. The number of rotatable bonds is 7. The molecule has 0 aliphatic carbocycles. The van der Waals surface area contributed by atoms with Crippen molar-refractivity contribution in [2.75, 3.05) is 0 Å². The molecule has 1 rings (SSSR count). The van der Waals surface area contributed by atoms with Crippen LogP contribution in [-0.2, 0) is 4.79 Å². The highest BCUT2D eigenvalue weighted by atomic mass is 16.5. The summed E-state index contributed by atoms with van der Waals surface area (Å²) < 4.78 is 5.68. The van der Waals surface area contributed by atoms with Crippen LogP contribution in [0.15, 0.2) is 24.3 Å². The molecule has 0 spiro atoms. The molecular formula is C17H28N2O2. The van der Waals surface area contributed by atoms with Crippen molar-refractivity contribution in [3.63, 3.8) is 0 Å². The second kappa shape index (κ2) is 7.46. The molecule has 1 atom stereocenters. The fraction of sp³-hybridized carbons (Fsp3) is 0.588. The van der Waals surface area contributed by atoms with Gasteiger partial charge in [-0.05, 0) is 51.3 Å². The van der Waals surface area contributed by atoms with Crippen molar-refractivity contribution >= 4 is 5.91 Å². The minimum atomic E-state index is -0.791. The van der Waals surface area contributed by atoms with Crippen LogP contribution in [-0.4, -0.2) is 17.6 Å². The zero-order valence-electron chi connectivity index (χ0n) is 13.8. The molecule has 21 heavy (non-hydrogen) atoms. The van der Waals surface area contributed by atoms with E-state index in [-0.39, 0.29) is 18.1 Å². The third kappa shape index (κ3) is 4.74. The first-order valence-electron chi connectivity index (χ1n) is 7.68. The highest BCUT2D eigenvalue weighted by molar-refractivity contribution is 5.86. The Labute approximate surface area is 128 Å². The van der Waals surface area contributed by atoms with Crippen molar-refractivity contribution in [3.05, 3.63) is 29.8 Å². The molecule has 118 valence electrons. The van der Waals surface area contributed by atoms with Crippen molar-refractivity contribution in [2.24, 2.45) is 5.73 Å². The summed E-state index contributed by atoms with van der Waals surface area (Å²) in [7, 11) is 0. The first-order valence-corrected chi connectivity index (χ1v) is 7.68. The average Bonchev–Trinajstić information content (AvgIpc) is 2.45. The number of carbonyl (C=O) groups is 1. The van der Waals surface area contributed by atoms with E-state index in [4.69, 9.17) is 10.5 Å². The SMILES string of the molecule is CCC(N)(CC)C(=O)NC(C)c1cccc(OC(C)C)c1. The molecule has 1 aromatic carbocycles. The van der Waals surface area contributed by atoms with Crippen LogP contribution in [0.5, 0.6) is 5.75 Å². The number of nitrogens with two attached hydrogens (primary N) is 1. The molecule has 3 N–H and O–H groups in total. The first-order chi connectivity index (χ1) is 9.82. The summed E-state index contributed by atoms with van der Waals surface area (Å²) in [5, 5.41) is 3.00. The number of hydrogen-bond donors (Lipinski definition) is 2. The first kappa shape index (κ1) is 17.5. The van der Waals surface area contributed by atoms with Gasteiger partial charge < -0.3 is 15.8 Å². The summed E-state index contributed by atoms with van der Waals surface area (Å²) in [6.45, 7) is 9.81. The smallest absolute Gasteiger partial charge is 0.240 e. The lowest BCUT2D eigenvalue weighted by Gasteiger charge is -2.27. The van der Waals surface area contributed by atoms with Crippen LogP contribution in [0.25, 0.3) is 0 Å². The fourth-order valence-corrected chi connectivity index (χ4v) is 2.12. The van der Waals surface area contributed by atoms with Gasteiger partial charge in [0.05, 0.1) is 17.7 Å². The number of nitrogens with one attached hydrogen (secondary N) is 1. The van der Waals surface area contributed by atoms with E-state index >= 15 is 0 Å². The molecule has 0 aliphatic heterocycles.